The number of phenols is 1. The maximum Gasteiger partial charge on any atom is 0.242 e. The van der Waals surface area contributed by atoms with Crippen LogP contribution in [0.25, 0.3) is 0 Å². The van der Waals surface area contributed by atoms with Crippen LogP contribution in [-0.2, 0) is 26.8 Å². The van der Waals surface area contributed by atoms with E-state index in [2.05, 4.69) is 66.4 Å². The van der Waals surface area contributed by atoms with Crippen LogP contribution in [0.3, 0.4) is 0 Å². The first kappa shape index (κ1) is 33.0. The Morgan fingerprint density at radius 3 is 2.64 bits per heavy atom. The van der Waals surface area contributed by atoms with Crippen LogP contribution in [0.1, 0.15) is 83.4 Å². The molecule has 2 aromatic rings. The smallest absolute Gasteiger partial charge is 0.242 e. The van der Waals surface area contributed by atoms with Crippen LogP contribution in [0.5, 0.6) is 5.75 Å². The molecule has 8 nitrogen and oxygen atoms in total. The van der Waals surface area contributed by atoms with Gasteiger partial charge in [-0.3, -0.25) is 19.5 Å². The fourth-order valence-corrected chi connectivity index (χ4v) is 7.99. The summed E-state index contributed by atoms with van der Waals surface area (Å²) in [5.74, 6) is 1.64. The lowest BCUT2D eigenvalue weighted by Gasteiger charge is -2.55. The highest BCUT2D eigenvalue weighted by molar-refractivity contribution is 5.95. The van der Waals surface area contributed by atoms with Gasteiger partial charge in [0.05, 0.1) is 11.3 Å². The van der Waals surface area contributed by atoms with Crippen molar-refractivity contribution in [2.45, 2.75) is 96.1 Å². The van der Waals surface area contributed by atoms with E-state index in [4.69, 9.17) is 5.73 Å². The molecule has 45 heavy (non-hydrogen) atoms. The summed E-state index contributed by atoms with van der Waals surface area (Å²) in [6.45, 7) is 13.7. The van der Waals surface area contributed by atoms with Gasteiger partial charge in [0, 0.05) is 32.1 Å². The topological polar surface area (TPSA) is 120 Å². The van der Waals surface area contributed by atoms with E-state index in [1.54, 1.807) is 0 Å². The summed E-state index contributed by atoms with van der Waals surface area (Å²) in [6.07, 6.45) is 4.74. The van der Waals surface area contributed by atoms with E-state index < -0.39 is 11.5 Å². The van der Waals surface area contributed by atoms with E-state index >= 15 is 0 Å². The van der Waals surface area contributed by atoms with E-state index in [9.17, 15) is 14.7 Å². The Morgan fingerprint density at radius 1 is 1.18 bits per heavy atom. The monoisotopic (exact) mass is 615 g/mol. The molecule has 5 rings (SSSR count). The number of aliphatic imine (C=N–C) groups is 1. The lowest BCUT2D eigenvalue weighted by molar-refractivity contribution is -0.131. The second kappa shape index (κ2) is 13.5. The van der Waals surface area contributed by atoms with Gasteiger partial charge in [-0.2, -0.15) is 0 Å². The third kappa shape index (κ3) is 6.76. The lowest BCUT2D eigenvalue weighted by Crippen LogP contribution is -2.58. The number of carbonyl (C=O) groups excluding carboxylic acids is 2. The van der Waals surface area contributed by atoms with Crippen molar-refractivity contribution in [3.05, 3.63) is 65.2 Å². The SMILES string of the molecule is CCC(N)=NCCCNC(=O)[C@H](CC(C)C)NC(=O)[C@]1(c2ccccc2)C[C@@H]1CN1CC[C@@]2(C)c3cc(O)ccc3C[C@@H]1[C@H]2C. The number of hydrogen-bond acceptors (Lipinski definition) is 5. The number of fused-ring (bicyclic) bond motifs is 4. The number of nitrogens with one attached hydrogen (secondary N) is 2. The number of piperidine rings is 1. The zero-order chi connectivity index (χ0) is 32.4. The van der Waals surface area contributed by atoms with Crippen LogP contribution < -0.4 is 16.4 Å². The van der Waals surface area contributed by atoms with Gasteiger partial charge < -0.3 is 21.5 Å². The zero-order valence-electron chi connectivity index (χ0n) is 27.8. The highest BCUT2D eigenvalue weighted by Crippen LogP contribution is 2.57. The predicted molar refractivity (Wildman–Crippen MR) is 180 cm³/mol. The van der Waals surface area contributed by atoms with Crippen molar-refractivity contribution < 1.29 is 14.7 Å². The summed E-state index contributed by atoms with van der Waals surface area (Å²) in [7, 11) is 0. The van der Waals surface area contributed by atoms with Crippen molar-refractivity contribution in [1.29, 1.82) is 0 Å². The molecule has 0 spiro atoms. The van der Waals surface area contributed by atoms with E-state index in [0.717, 1.165) is 44.3 Å². The summed E-state index contributed by atoms with van der Waals surface area (Å²) in [6, 6.07) is 15.8. The average Bonchev–Trinajstić information content (AvgIpc) is 3.75. The molecule has 1 saturated heterocycles. The molecule has 6 atom stereocenters. The number of nitrogens with two attached hydrogens (primary N) is 1. The standard InChI is InChI=1S/C37H53N5O3/c1-6-33(38)39-16-10-17-40-34(44)31(19-24(2)3)41-35(45)37(27-11-8-7-9-12-27)22-28(37)23-42-18-15-36(5)25(4)32(42)20-26-13-14-29(43)21-30(26)36/h7-9,11-14,21,24-25,28,31-32,43H,6,10,15-20,22-23H2,1-5H3,(H2,38,39)(H,40,44)(H,41,45)/t25-,28-,31+,32-,36-,37+/m1/s1. The quantitative estimate of drug-likeness (QED) is 0.148. The van der Waals surface area contributed by atoms with Crippen LogP contribution in [0, 0.1) is 17.8 Å². The molecular formula is C37H53N5O3. The van der Waals surface area contributed by atoms with Crippen LogP contribution in [-0.4, -0.2) is 65.9 Å². The molecule has 3 aliphatic rings. The number of amides is 2. The highest BCUT2D eigenvalue weighted by Gasteiger charge is 2.62. The van der Waals surface area contributed by atoms with Crippen molar-refractivity contribution in [2.24, 2.45) is 28.5 Å². The zero-order valence-corrected chi connectivity index (χ0v) is 27.8. The molecule has 0 radical (unpaired) electrons. The molecule has 1 saturated carbocycles. The molecular weight excluding hydrogens is 562 g/mol. The largest absolute Gasteiger partial charge is 0.508 e. The molecule has 2 fully saturated rings. The van der Waals surface area contributed by atoms with E-state index in [1.165, 1.54) is 11.1 Å². The molecule has 0 aromatic heterocycles. The number of aromatic hydroxyl groups is 1. The predicted octanol–water partition coefficient (Wildman–Crippen LogP) is 4.68. The van der Waals surface area contributed by atoms with Crippen LogP contribution in [0.15, 0.2) is 53.5 Å². The first-order valence-corrected chi connectivity index (χ1v) is 17.0. The van der Waals surface area contributed by atoms with Gasteiger partial charge >= 0.3 is 0 Å². The molecule has 8 heteroatoms. The Hall–Kier alpha value is -3.39. The Balaban J connectivity index is 1.30. The van der Waals surface area contributed by atoms with Crippen LogP contribution >= 0.6 is 0 Å². The maximum absolute atomic E-state index is 14.3. The molecule has 2 amide bonds. The number of amidine groups is 1. The van der Waals surface area contributed by atoms with Crippen molar-refractivity contribution in [3.8, 4) is 5.75 Å². The minimum Gasteiger partial charge on any atom is -0.508 e. The summed E-state index contributed by atoms with van der Waals surface area (Å²) in [5.41, 5.74) is 8.83. The molecule has 1 heterocycles. The van der Waals surface area contributed by atoms with E-state index in [1.807, 2.05) is 37.3 Å². The van der Waals surface area contributed by atoms with E-state index in [-0.39, 0.29) is 29.1 Å². The Kier molecular flexibility index (Phi) is 9.92. The number of likely N-dealkylation sites (tertiary alicyclic amines) is 1. The summed E-state index contributed by atoms with van der Waals surface area (Å²) >= 11 is 0. The van der Waals surface area contributed by atoms with Gasteiger partial charge in [0.15, 0.2) is 0 Å². The third-order valence-corrected chi connectivity index (χ3v) is 11.0. The Bertz CT molecular complexity index is 1390. The summed E-state index contributed by atoms with van der Waals surface area (Å²) in [5, 5.41) is 16.5. The minimum absolute atomic E-state index is 0.0251. The number of nitrogens with zero attached hydrogens (tertiary/aromatic N) is 2. The van der Waals surface area contributed by atoms with Gasteiger partial charge in [0.2, 0.25) is 11.8 Å². The second-order valence-electron chi connectivity index (χ2n) is 14.3. The maximum atomic E-state index is 14.3. The van der Waals surface area contributed by atoms with Gasteiger partial charge in [-0.1, -0.05) is 71.0 Å². The van der Waals surface area contributed by atoms with Gasteiger partial charge in [-0.05, 0) is 90.6 Å². The fraction of sp³-hybridized carbons (Fsp3) is 0.595. The Labute approximate surface area is 269 Å². The summed E-state index contributed by atoms with van der Waals surface area (Å²) in [4.78, 5) is 34.6. The first-order valence-electron chi connectivity index (χ1n) is 17.0. The minimum atomic E-state index is -0.647. The molecule has 1 aliphatic heterocycles. The van der Waals surface area contributed by atoms with E-state index in [0.29, 0.717) is 49.5 Å². The van der Waals surface area contributed by atoms with Gasteiger partial charge in [0.1, 0.15) is 11.8 Å². The lowest BCUT2D eigenvalue weighted by atomic mass is 9.59. The molecule has 2 aromatic carbocycles. The Morgan fingerprint density at radius 2 is 1.93 bits per heavy atom. The molecule has 5 N–H and O–H groups in total. The van der Waals surface area contributed by atoms with Gasteiger partial charge in [0.25, 0.3) is 0 Å². The third-order valence-electron chi connectivity index (χ3n) is 11.0. The normalized spacial score (nSPS) is 28.3. The number of carbonyl (C=O) groups is 2. The number of rotatable bonds is 13. The van der Waals surface area contributed by atoms with Crippen molar-refractivity contribution in [2.75, 3.05) is 26.2 Å². The van der Waals surface area contributed by atoms with Crippen molar-refractivity contribution in [1.82, 2.24) is 15.5 Å². The number of benzene rings is 2. The van der Waals surface area contributed by atoms with Crippen molar-refractivity contribution in [3.63, 3.8) is 0 Å². The number of hydrogen-bond donors (Lipinski definition) is 4. The van der Waals surface area contributed by atoms with Crippen LogP contribution in [0.2, 0.25) is 0 Å². The second-order valence-corrected chi connectivity index (χ2v) is 14.3. The molecule has 2 aliphatic carbocycles. The number of phenolic OH excluding ortho intramolecular Hbond substituents is 1. The van der Waals surface area contributed by atoms with Crippen LogP contribution in [0.4, 0.5) is 0 Å². The molecule has 244 valence electrons. The van der Waals surface area contributed by atoms with Gasteiger partial charge in [-0.15, -0.1) is 0 Å². The molecule has 2 bridgehead atoms. The fourth-order valence-electron chi connectivity index (χ4n) is 7.99. The molecule has 0 unspecified atom stereocenters. The summed E-state index contributed by atoms with van der Waals surface area (Å²) < 4.78 is 0. The highest BCUT2D eigenvalue weighted by atomic mass is 16.3. The average molecular weight is 616 g/mol. The van der Waals surface area contributed by atoms with Gasteiger partial charge in [-0.25, -0.2) is 0 Å². The first-order chi connectivity index (χ1) is 21.5. The van der Waals surface area contributed by atoms with Crippen molar-refractivity contribution >= 4 is 17.6 Å².